The normalized spacial score (nSPS) is 28.9. The van der Waals surface area contributed by atoms with Crippen molar-refractivity contribution in [3.8, 4) is 0 Å². The lowest BCUT2D eigenvalue weighted by atomic mass is 9.85. The maximum atomic E-state index is 13.0. The predicted molar refractivity (Wildman–Crippen MR) is 99.5 cm³/mol. The number of benzene rings is 1. The van der Waals surface area contributed by atoms with Crippen molar-refractivity contribution in [1.82, 2.24) is 0 Å². The first-order chi connectivity index (χ1) is 12.6. The van der Waals surface area contributed by atoms with E-state index in [4.69, 9.17) is 4.74 Å². The minimum atomic E-state index is -0.438. The molecule has 1 aromatic carbocycles. The van der Waals surface area contributed by atoms with Gasteiger partial charge in [-0.05, 0) is 30.7 Å². The van der Waals surface area contributed by atoms with Crippen LogP contribution >= 0.6 is 11.8 Å². The fraction of sp³-hybridized carbons (Fsp3) is 0.450. The molecule has 0 radical (unpaired) electrons. The molecule has 0 saturated carbocycles. The number of ether oxygens (including phenoxy) is 1. The molecule has 1 aromatic rings. The Morgan fingerprint density at radius 1 is 1.15 bits per heavy atom. The van der Waals surface area contributed by atoms with E-state index in [1.807, 2.05) is 19.1 Å². The molecule has 2 saturated heterocycles. The molecular formula is C20H21NO4S. The van der Waals surface area contributed by atoms with Gasteiger partial charge in [-0.1, -0.05) is 31.6 Å². The molecule has 0 spiro atoms. The molecule has 3 aliphatic heterocycles. The number of amides is 2. The summed E-state index contributed by atoms with van der Waals surface area (Å²) in [6, 6.07) is 3.60. The van der Waals surface area contributed by atoms with Gasteiger partial charge in [-0.25, -0.2) is 4.90 Å². The lowest BCUT2D eigenvalue weighted by Crippen LogP contribution is -2.35. The van der Waals surface area contributed by atoms with Crippen LogP contribution in [-0.4, -0.2) is 36.1 Å². The van der Waals surface area contributed by atoms with Gasteiger partial charge in [-0.3, -0.25) is 14.4 Å². The topological polar surface area (TPSA) is 63.7 Å². The molecule has 3 aliphatic rings. The lowest BCUT2D eigenvalue weighted by molar-refractivity contribution is -0.124. The van der Waals surface area contributed by atoms with Crippen LogP contribution in [0.2, 0.25) is 0 Å². The van der Waals surface area contributed by atoms with Crippen molar-refractivity contribution >= 4 is 35.5 Å². The van der Waals surface area contributed by atoms with Gasteiger partial charge in [0.15, 0.2) is 6.29 Å². The van der Waals surface area contributed by atoms with Crippen molar-refractivity contribution in [3.63, 3.8) is 0 Å². The smallest absolute Gasteiger partial charge is 0.240 e. The number of thioether (sulfide) groups is 1. The zero-order valence-electron chi connectivity index (χ0n) is 14.8. The van der Waals surface area contributed by atoms with Gasteiger partial charge in [0.05, 0.1) is 29.7 Å². The first-order valence-electron chi connectivity index (χ1n) is 9.01. The minimum absolute atomic E-state index is 0.213. The highest BCUT2D eigenvalue weighted by atomic mass is 32.2. The number of carbonyl (C=O) groups is 3. The summed E-state index contributed by atoms with van der Waals surface area (Å²) in [7, 11) is 0. The molecule has 0 unspecified atom stereocenters. The van der Waals surface area contributed by atoms with E-state index in [2.05, 4.69) is 6.92 Å². The number of fused-ring (bicyclic) bond motifs is 5. The largest absolute Gasteiger partial charge is 0.365 e. The molecule has 4 rings (SSSR count). The van der Waals surface area contributed by atoms with Gasteiger partial charge >= 0.3 is 0 Å². The van der Waals surface area contributed by atoms with Crippen LogP contribution in [0.1, 0.15) is 35.7 Å². The van der Waals surface area contributed by atoms with Crippen molar-refractivity contribution < 1.29 is 19.1 Å². The number of hydrogen-bond acceptors (Lipinski definition) is 5. The molecule has 2 fully saturated rings. The minimum Gasteiger partial charge on any atom is -0.365 e. The first kappa shape index (κ1) is 17.5. The van der Waals surface area contributed by atoms with Crippen LogP contribution in [0.4, 0.5) is 5.69 Å². The summed E-state index contributed by atoms with van der Waals surface area (Å²) in [4.78, 5) is 39.8. The Hall–Kier alpha value is -1.92. The van der Waals surface area contributed by atoms with Crippen LogP contribution in [0.3, 0.4) is 0 Å². The Balaban J connectivity index is 1.75. The van der Waals surface area contributed by atoms with Crippen LogP contribution < -0.4 is 4.90 Å². The van der Waals surface area contributed by atoms with E-state index in [-0.39, 0.29) is 24.0 Å². The summed E-state index contributed by atoms with van der Waals surface area (Å²) in [6.07, 6.45) is 6.02. The summed E-state index contributed by atoms with van der Waals surface area (Å²) in [5, 5.41) is 0. The van der Waals surface area contributed by atoms with E-state index in [9.17, 15) is 14.4 Å². The number of hydrogen-bond donors (Lipinski definition) is 0. The second kappa shape index (κ2) is 6.67. The summed E-state index contributed by atoms with van der Waals surface area (Å²) < 4.78 is 5.70. The molecule has 2 amide bonds. The van der Waals surface area contributed by atoms with Crippen molar-refractivity contribution in [2.75, 3.05) is 10.7 Å². The standard InChI is InChI=1S/C20H21NO4S/c1-3-4-9-26-18-12(10-22)11(2)5-6-13(18)21-19(23)16-14-7-8-15(25-14)17(16)20(21)24/h5-8,10,14-17H,3-4,9H2,1-2H3/t14-,15+,16-,17+. The third kappa shape index (κ3) is 2.47. The van der Waals surface area contributed by atoms with Crippen molar-refractivity contribution in [2.24, 2.45) is 11.8 Å². The fourth-order valence-corrected chi connectivity index (χ4v) is 5.33. The average molecular weight is 371 g/mol. The fourth-order valence-electron chi connectivity index (χ4n) is 4.02. The zero-order valence-corrected chi connectivity index (χ0v) is 15.6. The van der Waals surface area contributed by atoms with Crippen LogP contribution in [0, 0.1) is 18.8 Å². The van der Waals surface area contributed by atoms with Crippen molar-refractivity contribution in [2.45, 2.75) is 43.8 Å². The van der Waals surface area contributed by atoms with Crippen LogP contribution in [0.15, 0.2) is 29.2 Å². The number of aryl methyl sites for hydroxylation is 1. The first-order valence-corrected chi connectivity index (χ1v) is 10.00. The molecule has 3 heterocycles. The highest BCUT2D eigenvalue weighted by Crippen LogP contribution is 2.48. The molecule has 0 aliphatic carbocycles. The Bertz CT molecular complexity index is 788. The molecule has 0 aromatic heterocycles. The van der Waals surface area contributed by atoms with E-state index in [1.165, 1.54) is 4.90 Å². The number of aldehydes is 1. The van der Waals surface area contributed by atoms with Crippen LogP contribution in [0.25, 0.3) is 0 Å². The molecule has 5 nitrogen and oxygen atoms in total. The van der Waals surface area contributed by atoms with Gasteiger partial charge in [0.25, 0.3) is 0 Å². The average Bonchev–Trinajstić information content (AvgIpc) is 3.30. The third-order valence-electron chi connectivity index (χ3n) is 5.41. The highest BCUT2D eigenvalue weighted by Gasteiger charge is 2.61. The van der Waals surface area contributed by atoms with E-state index < -0.39 is 11.8 Å². The molecule has 4 atom stereocenters. The zero-order chi connectivity index (χ0) is 18.4. The lowest BCUT2D eigenvalue weighted by Gasteiger charge is -2.22. The van der Waals surface area contributed by atoms with Crippen molar-refractivity contribution in [3.05, 3.63) is 35.4 Å². The van der Waals surface area contributed by atoms with Gasteiger partial charge in [0, 0.05) is 10.5 Å². The maximum absolute atomic E-state index is 13.0. The summed E-state index contributed by atoms with van der Waals surface area (Å²) in [5.41, 5.74) is 1.97. The molecule has 26 heavy (non-hydrogen) atoms. The summed E-state index contributed by atoms with van der Waals surface area (Å²) in [5.74, 6) is -0.462. The number of unbranched alkanes of at least 4 members (excludes halogenated alkanes) is 1. The van der Waals surface area contributed by atoms with E-state index in [0.717, 1.165) is 35.3 Å². The molecule has 136 valence electrons. The summed E-state index contributed by atoms with van der Waals surface area (Å²) >= 11 is 1.55. The molecule has 6 heteroatoms. The van der Waals surface area contributed by atoms with Crippen LogP contribution in [-0.2, 0) is 14.3 Å². The number of carbonyl (C=O) groups excluding carboxylic acids is 3. The Labute approximate surface area is 156 Å². The van der Waals surface area contributed by atoms with Crippen molar-refractivity contribution in [1.29, 1.82) is 0 Å². The van der Waals surface area contributed by atoms with E-state index >= 15 is 0 Å². The van der Waals surface area contributed by atoms with E-state index in [1.54, 1.807) is 23.9 Å². The van der Waals surface area contributed by atoms with Gasteiger partial charge in [0.1, 0.15) is 0 Å². The quantitative estimate of drug-likeness (QED) is 0.253. The Morgan fingerprint density at radius 3 is 2.38 bits per heavy atom. The Morgan fingerprint density at radius 2 is 1.81 bits per heavy atom. The number of rotatable bonds is 6. The molecule has 2 bridgehead atoms. The van der Waals surface area contributed by atoms with Gasteiger partial charge in [-0.2, -0.15) is 0 Å². The summed E-state index contributed by atoms with van der Waals surface area (Å²) in [6.45, 7) is 3.98. The van der Waals surface area contributed by atoms with E-state index in [0.29, 0.717) is 11.3 Å². The van der Waals surface area contributed by atoms with Crippen LogP contribution in [0.5, 0.6) is 0 Å². The monoisotopic (exact) mass is 371 g/mol. The van der Waals surface area contributed by atoms with Gasteiger partial charge < -0.3 is 4.74 Å². The second-order valence-corrected chi connectivity index (χ2v) is 8.08. The highest BCUT2D eigenvalue weighted by molar-refractivity contribution is 7.99. The second-order valence-electron chi connectivity index (χ2n) is 6.98. The maximum Gasteiger partial charge on any atom is 0.240 e. The third-order valence-corrected chi connectivity index (χ3v) is 6.62. The molecular weight excluding hydrogens is 350 g/mol. The molecule has 0 N–H and O–H groups in total. The number of anilines is 1. The van der Waals surface area contributed by atoms with Gasteiger partial charge in [-0.15, -0.1) is 11.8 Å². The van der Waals surface area contributed by atoms with Gasteiger partial charge in [0.2, 0.25) is 11.8 Å². The number of imide groups is 1. The number of nitrogens with zero attached hydrogens (tertiary/aromatic N) is 1. The Kier molecular flexibility index (Phi) is 4.49. The predicted octanol–water partition coefficient (Wildman–Crippen LogP) is 3.14. The SMILES string of the molecule is CCCCSc1c(N2C(=O)[C@@H]3[C@H](C2=O)[C@H]2C=C[C@@H]3O2)ccc(C)c1C=O.